The normalized spacial score (nSPS) is 15.0. The Kier molecular flexibility index (Phi) is 3.87. The van der Waals surface area contributed by atoms with E-state index in [1.54, 1.807) is 6.92 Å². The van der Waals surface area contributed by atoms with Gasteiger partial charge in [-0.2, -0.15) is 0 Å². The predicted molar refractivity (Wildman–Crippen MR) is 96.4 cm³/mol. The van der Waals surface area contributed by atoms with Gasteiger partial charge in [-0.25, -0.2) is 4.98 Å². The van der Waals surface area contributed by atoms with Crippen LogP contribution in [-0.2, 0) is 4.79 Å². The zero-order valence-electron chi connectivity index (χ0n) is 14.4. The van der Waals surface area contributed by atoms with Crippen molar-refractivity contribution in [2.24, 2.45) is 0 Å². The fourth-order valence-electron chi connectivity index (χ4n) is 3.27. The predicted octanol–water partition coefficient (Wildman–Crippen LogP) is 2.87. The van der Waals surface area contributed by atoms with Crippen molar-refractivity contribution >= 4 is 22.7 Å². The number of aryl methyl sites for hydroxylation is 1. The molecule has 0 atom stereocenters. The van der Waals surface area contributed by atoms with Crippen molar-refractivity contribution in [1.29, 1.82) is 0 Å². The van der Waals surface area contributed by atoms with Crippen LogP contribution in [0.15, 0.2) is 40.9 Å². The number of pyridine rings is 1. The number of carbonyl (C=O) groups is 1. The number of amides is 1. The molecule has 0 spiro atoms. The van der Waals surface area contributed by atoms with Gasteiger partial charge in [0.25, 0.3) is 0 Å². The van der Waals surface area contributed by atoms with Crippen molar-refractivity contribution in [2.75, 3.05) is 31.1 Å². The van der Waals surface area contributed by atoms with Crippen molar-refractivity contribution in [3.05, 3.63) is 42.1 Å². The first-order valence-electron chi connectivity index (χ1n) is 8.46. The largest absolute Gasteiger partial charge is 0.365 e. The Morgan fingerprint density at radius 2 is 1.84 bits per heavy atom. The van der Waals surface area contributed by atoms with Gasteiger partial charge in [-0.3, -0.25) is 4.79 Å². The van der Waals surface area contributed by atoms with Gasteiger partial charge in [0.2, 0.25) is 11.5 Å². The summed E-state index contributed by atoms with van der Waals surface area (Å²) in [6.07, 6.45) is 0. The second kappa shape index (κ2) is 6.20. The first-order chi connectivity index (χ1) is 12.1. The third kappa shape index (κ3) is 2.84. The van der Waals surface area contributed by atoms with Crippen LogP contribution in [0.1, 0.15) is 12.6 Å². The highest BCUT2D eigenvalue weighted by atomic mass is 16.5. The molecule has 0 radical (unpaired) electrons. The molecule has 3 heterocycles. The van der Waals surface area contributed by atoms with E-state index in [0.29, 0.717) is 18.7 Å². The number of anilines is 1. The zero-order chi connectivity index (χ0) is 17.4. The molecule has 1 saturated heterocycles. The van der Waals surface area contributed by atoms with Crippen LogP contribution >= 0.6 is 0 Å². The zero-order valence-corrected chi connectivity index (χ0v) is 14.4. The number of carbonyl (C=O) groups excluding carboxylic acids is 1. The molecule has 1 fully saturated rings. The van der Waals surface area contributed by atoms with Crippen molar-refractivity contribution in [3.8, 4) is 11.3 Å². The summed E-state index contributed by atoms with van der Waals surface area (Å²) in [6.45, 7) is 6.50. The lowest BCUT2D eigenvalue weighted by Crippen LogP contribution is -2.48. The fraction of sp³-hybridized carbons (Fsp3) is 0.316. The quantitative estimate of drug-likeness (QED) is 0.720. The number of hydrogen-bond acceptors (Lipinski definition) is 5. The topological polar surface area (TPSA) is 62.5 Å². The fourth-order valence-corrected chi connectivity index (χ4v) is 3.27. The Balaban J connectivity index is 1.76. The van der Waals surface area contributed by atoms with Crippen LogP contribution in [0.2, 0.25) is 0 Å². The molecule has 128 valence electrons. The summed E-state index contributed by atoms with van der Waals surface area (Å²) in [5.74, 6) is 0.125. The second-order valence-corrected chi connectivity index (χ2v) is 6.33. The van der Waals surface area contributed by atoms with Crippen molar-refractivity contribution < 1.29 is 9.32 Å². The van der Waals surface area contributed by atoms with Crippen LogP contribution in [0, 0.1) is 6.92 Å². The summed E-state index contributed by atoms with van der Waals surface area (Å²) in [6, 6.07) is 12.2. The van der Waals surface area contributed by atoms with Gasteiger partial charge in [-0.1, -0.05) is 35.5 Å². The molecular formula is C19H20N4O2. The summed E-state index contributed by atoms with van der Waals surface area (Å²) in [5.41, 5.74) is 5.26. The molecule has 4 rings (SSSR count). The standard InChI is InChI=1S/C19H20N4O2/c1-13-18-19(25-21-13)17(23-10-8-22(9-11-23)14(2)24)12-16(20-18)15-6-4-3-5-7-15/h3-7,12H,8-11H2,1-2H3. The van der Waals surface area contributed by atoms with Gasteiger partial charge in [-0.05, 0) is 13.0 Å². The van der Waals surface area contributed by atoms with E-state index in [-0.39, 0.29) is 5.91 Å². The van der Waals surface area contributed by atoms with Crippen molar-refractivity contribution in [2.45, 2.75) is 13.8 Å². The van der Waals surface area contributed by atoms with E-state index in [2.05, 4.69) is 28.3 Å². The number of hydrogen-bond donors (Lipinski definition) is 0. The monoisotopic (exact) mass is 336 g/mol. The van der Waals surface area contributed by atoms with Gasteiger partial charge in [0.1, 0.15) is 11.2 Å². The molecule has 6 nitrogen and oxygen atoms in total. The lowest BCUT2D eigenvalue weighted by molar-refractivity contribution is -0.129. The van der Waals surface area contributed by atoms with Gasteiger partial charge in [-0.15, -0.1) is 0 Å². The lowest BCUT2D eigenvalue weighted by Gasteiger charge is -2.35. The number of aromatic nitrogens is 2. The van der Waals surface area contributed by atoms with Gasteiger partial charge in [0.05, 0.1) is 11.4 Å². The van der Waals surface area contributed by atoms with E-state index in [9.17, 15) is 4.79 Å². The van der Waals surface area contributed by atoms with Gasteiger partial charge >= 0.3 is 0 Å². The Morgan fingerprint density at radius 1 is 1.12 bits per heavy atom. The number of rotatable bonds is 2. The Hall–Kier alpha value is -2.89. The van der Waals surface area contributed by atoms with Crippen LogP contribution in [0.25, 0.3) is 22.4 Å². The van der Waals surface area contributed by atoms with E-state index in [4.69, 9.17) is 9.51 Å². The minimum Gasteiger partial charge on any atom is -0.365 e. The molecule has 1 aliphatic rings. The first kappa shape index (κ1) is 15.6. The number of fused-ring (bicyclic) bond motifs is 1. The summed E-state index contributed by atoms with van der Waals surface area (Å²) in [4.78, 5) is 20.4. The minimum absolute atomic E-state index is 0.125. The average Bonchev–Trinajstić information content (AvgIpc) is 3.03. The Bertz CT molecular complexity index is 912. The molecular weight excluding hydrogens is 316 g/mol. The van der Waals surface area contributed by atoms with E-state index in [0.717, 1.165) is 41.2 Å². The molecule has 1 aliphatic heterocycles. The van der Waals surface area contributed by atoms with Crippen molar-refractivity contribution in [3.63, 3.8) is 0 Å². The molecule has 25 heavy (non-hydrogen) atoms. The van der Waals surface area contributed by atoms with Crippen LogP contribution in [0.5, 0.6) is 0 Å². The highest BCUT2D eigenvalue weighted by molar-refractivity contribution is 5.91. The summed E-state index contributed by atoms with van der Waals surface area (Å²) in [7, 11) is 0. The molecule has 1 aromatic carbocycles. The highest BCUT2D eigenvalue weighted by Crippen LogP contribution is 2.32. The summed E-state index contributed by atoms with van der Waals surface area (Å²) in [5, 5.41) is 4.10. The van der Waals surface area contributed by atoms with Crippen LogP contribution in [-0.4, -0.2) is 47.1 Å². The molecule has 0 bridgehead atoms. The summed E-state index contributed by atoms with van der Waals surface area (Å²) < 4.78 is 5.56. The molecule has 3 aromatic rings. The molecule has 6 heteroatoms. The molecule has 0 N–H and O–H groups in total. The number of piperazine rings is 1. The second-order valence-electron chi connectivity index (χ2n) is 6.33. The maximum absolute atomic E-state index is 11.6. The van der Waals surface area contributed by atoms with Gasteiger partial charge < -0.3 is 14.3 Å². The number of nitrogens with zero attached hydrogens (tertiary/aromatic N) is 4. The van der Waals surface area contributed by atoms with E-state index in [1.807, 2.05) is 30.0 Å². The third-order valence-electron chi connectivity index (χ3n) is 4.71. The maximum Gasteiger partial charge on any atom is 0.219 e. The van der Waals surface area contributed by atoms with Crippen molar-refractivity contribution in [1.82, 2.24) is 15.0 Å². The SMILES string of the molecule is CC(=O)N1CCN(c2cc(-c3ccccc3)nc3c(C)noc23)CC1. The first-order valence-corrected chi connectivity index (χ1v) is 8.46. The Labute approximate surface area is 146 Å². The van der Waals surface area contributed by atoms with Crippen LogP contribution in [0.4, 0.5) is 5.69 Å². The maximum atomic E-state index is 11.6. The molecule has 0 unspecified atom stereocenters. The van der Waals surface area contributed by atoms with Gasteiger partial charge in [0.15, 0.2) is 0 Å². The average molecular weight is 336 g/mol. The highest BCUT2D eigenvalue weighted by Gasteiger charge is 2.23. The molecule has 2 aromatic heterocycles. The van der Waals surface area contributed by atoms with E-state index < -0.39 is 0 Å². The van der Waals surface area contributed by atoms with Crippen LogP contribution < -0.4 is 4.90 Å². The lowest BCUT2D eigenvalue weighted by atomic mass is 10.1. The molecule has 0 saturated carbocycles. The summed E-state index contributed by atoms with van der Waals surface area (Å²) >= 11 is 0. The molecule has 1 amide bonds. The minimum atomic E-state index is 0.125. The van der Waals surface area contributed by atoms with E-state index in [1.165, 1.54) is 0 Å². The number of benzene rings is 1. The smallest absolute Gasteiger partial charge is 0.219 e. The Morgan fingerprint density at radius 3 is 2.52 bits per heavy atom. The van der Waals surface area contributed by atoms with Crippen LogP contribution in [0.3, 0.4) is 0 Å². The molecule has 0 aliphatic carbocycles. The van der Waals surface area contributed by atoms with E-state index >= 15 is 0 Å². The van der Waals surface area contributed by atoms with Gasteiger partial charge in [0, 0.05) is 38.7 Å². The third-order valence-corrected chi connectivity index (χ3v) is 4.71.